The molecule has 22 heavy (non-hydrogen) atoms. The first kappa shape index (κ1) is 14.6. The monoisotopic (exact) mass is 301 g/mol. The highest BCUT2D eigenvalue weighted by Gasteiger charge is 2.26. The highest BCUT2D eigenvalue weighted by molar-refractivity contribution is 5.76. The summed E-state index contributed by atoms with van der Waals surface area (Å²) in [6, 6.07) is 1.93. The third-order valence-corrected chi connectivity index (χ3v) is 3.80. The fraction of sp³-hybridized carbons (Fsp3) is 0.467. The Morgan fingerprint density at radius 2 is 2.32 bits per heavy atom. The zero-order chi connectivity index (χ0) is 15.4. The van der Waals surface area contributed by atoms with Crippen molar-refractivity contribution >= 4 is 5.91 Å². The molecule has 1 fully saturated rings. The second-order valence-electron chi connectivity index (χ2n) is 5.28. The second-order valence-corrected chi connectivity index (χ2v) is 5.28. The molecule has 3 rings (SSSR count). The number of aromatic nitrogens is 4. The average molecular weight is 301 g/mol. The van der Waals surface area contributed by atoms with E-state index in [-0.39, 0.29) is 12.0 Å². The summed E-state index contributed by atoms with van der Waals surface area (Å²) in [4.78, 5) is 22.5. The van der Waals surface area contributed by atoms with Gasteiger partial charge in [0.15, 0.2) is 0 Å². The maximum Gasteiger partial charge on any atom is 0.224 e. The molecule has 0 radical (unpaired) electrons. The van der Waals surface area contributed by atoms with Crippen LogP contribution >= 0.6 is 0 Å². The largest absolute Gasteiger partial charge is 0.368 e. The van der Waals surface area contributed by atoms with Crippen LogP contribution in [-0.4, -0.2) is 50.3 Å². The lowest BCUT2D eigenvalue weighted by molar-refractivity contribution is -0.139. The lowest BCUT2D eigenvalue weighted by Gasteiger charge is -2.32. The van der Waals surface area contributed by atoms with E-state index in [2.05, 4.69) is 15.1 Å². The highest BCUT2D eigenvalue weighted by Crippen LogP contribution is 2.20. The Hall–Kier alpha value is -2.28. The fourth-order valence-electron chi connectivity index (χ4n) is 2.52. The Morgan fingerprint density at radius 1 is 1.41 bits per heavy atom. The number of morpholine rings is 1. The van der Waals surface area contributed by atoms with Gasteiger partial charge in [-0.3, -0.25) is 19.4 Å². The van der Waals surface area contributed by atoms with Gasteiger partial charge < -0.3 is 9.64 Å². The van der Waals surface area contributed by atoms with E-state index in [1.54, 1.807) is 24.8 Å². The Bertz CT molecular complexity index is 628. The first-order valence-corrected chi connectivity index (χ1v) is 7.38. The van der Waals surface area contributed by atoms with Gasteiger partial charge in [-0.05, 0) is 13.0 Å². The molecular formula is C15H19N5O2. The third-order valence-electron chi connectivity index (χ3n) is 3.80. The summed E-state index contributed by atoms with van der Waals surface area (Å²) in [5.74, 6) is 0.118. The Balaban J connectivity index is 1.57. The van der Waals surface area contributed by atoms with Crippen molar-refractivity contribution in [1.82, 2.24) is 24.6 Å². The molecule has 1 amide bonds. The van der Waals surface area contributed by atoms with Gasteiger partial charge in [-0.25, -0.2) is 0 Å². The molecule has 1 saturated heterocycles. The minimum atomic E-state index is -0.196. The maximum atomic E-state index is 12.4. The molecule has 1 atom stereocenters. The van der Waals surface area contributed by atoms with Crippen LogP contribution in [0.5, 0.6) is 0 Å². The summed E-state index contributed by atoms with van der Waals surface area (Å²) < 4.78 is 7.55. The van der Waals surface area contributed by atoms with Gasteiger partial charge in [0.2, 0.25) is 5.91 Å². The van der Waals surface area contributed by atoms with E-state index in [0.29, 0.717) is 32.7 Å². The van der Waals surface area contributed by atoms with Crippen molar-refractivity contribution in [3.05, 3.63) is 42.2 Å². The molecule has 1 aliphatic rings. The Morgan fingerprint density at radius 3 is 3.05 bits per heavy atom. The lowest BCUT2D eigenvalue weighted by Crippen LogP contribution is -2.42. The number of aryl methyl sites for hydroxylation is 2. The molecule has 116 valence electrons. The van der Waals surface area contributed by atoms with Crippen LogP contribution in [-0.2, 0) is 16.1 Å². The predicted molar refractivity (Wildman–Crippen MR) is 78.9 cm³/mol. The van der Waals surface area contributed by atoms with E-state index in [1.807, 2.05) is 22.6 Å². The van der Waals surface area contributed by atoms with E-state index in [1.165, 1.54) is 0 Å². The van der Waals surface area contributed by atoms with Crippen LogP contribution in [0.2, 0.25) is 0 Å². The Labute approximate surface area is 128 Å². The first-order chi connectivity index (χ1) is 10.7. The van der Waals surface area contributed by atoms with Crippen molar-refractivity contribution in [3.8, 4) is 0 Å². The van der Waals surface area contributed by atoms with E-state index >= 15 is 0 Å². The molecule has 7 nitrogen and oxygen atoms in total. The van der Waals surface area contributed by atoms with E-state index in [0.717, 1.165) is 11.4 Å². The first-order valence-electron chi connectivity index (χ1n) is 7.38. The normalized spacial score (nSPS) is 18.4. The summed E-state index contributed by atoms with van der Waals surface area (Å²) in [5, 5.41) is 4.20. The zero-order valence-corrected chi connectivity index (χ0v) is 12.6. The molecule has 1 unspecified atom stereocenters. The van der Waals surface area contributed by atoms with Gasteiger partial charge in [0.1, 0.15) is 6.10 Å². The second kappa shape index (κ2) is 6.65. The molecule has 0 aliphatic carbocycles. The van der Waals surface area contributed by atoms with Crippen LogP contribution in [0.3, 0.4) is 0 Å². The van der Waals surface area contributed by atoms with Crippen LogP contribution in [0.1, 0.15) is 23.9 Å². The van der Waals surface area contributed by atoms with Gasteiger partial charge in [-0.15, -0.1) is 0 Å². The fourth-order valence-corrected chi connectivity index (χ4v) is 2.52. The molecule has 7 heteroatoms. The van der Waals surface area contributed by atoms with Crippen molar-refractivity contribution in [2.24, 2.45) is 0 Å². The maximum absolute atomic E-state index is 12.4. The van der Waals surface area contributed by atoms with Crippen LogP contribution in [0.15, 0.2) is 30.9 Å². The molecule has 3 heterocycles. The number of amides is 1. The van der Waals surface area contributed by atoms with Crippen LogP contribution in [0.25, 0.3) is 0 Å². The lowest BCUT2D eigenvalue weighted by atomic mass is 10.2. The molecule has 2 aromatic rings. The summed E-state index contributed by atoms with van der Waals surface area (Å²) in [6.07, 6.45) is 6.94. The summed E-state index contributed by atoms with van der Waals surface area (Å²) in [5.41, 5.74) is 1.83. The molecule has 0 bridgehead atoms. The smallest absolute Gasteiger partial charge is 0.224 e. The third kappa shape index (κ3) is 3.30. The van der Waals surface area contributed by atoms with Crippen LogP contribution in [0, 0.1) is 6.92 Å². The number of ether oxygens (including phenoxy) is 1. The standard InChI is InChI=1S/C15H19N5O2/c1-12-2-4-18-20(12)7-3-15(21)19-8-9-22-14(11-19)13-10-16-5-6-17-13/h2,4-6,10,14H,3,7-9,11H2,1H3. The number of carbonyl (C=O) groups excluding carboxylic acids is 1. The SMILES string of the molecule is Cc1ccnn1CCC(=O)N1CCOC(c2cnccn2)C1. The molecule has 1 aliphatic heterocycles. The molecule has 0 spiro atoms. The van der Waals surface area contributed by atoms with E-state index < -0.39 is 0 Å². The van der Waals surface area contributed by atoms with Gasteiger partial charge in [0.05, 0.1) is 25.0 Å². The Kier molecular flexibility index (Phi) is 4.43. The number of carbonyl (C=O) groups is 1. The summed E-state index contributed by atoms with van der Waals surface area (Å²) in [6.45, 7) is 4.25. The highest BCUT2D eigenvalue weighted by atomic mass is 16.5. The van der Waals surface area contributed by atoms with E-state index in [4.69, 9.17) is 4.74 Å². The average Bonchev–Trinajstić information content (AvgIpc) is 2.99. The predicted octanol–water partition coefficient (Wildman–Crippen LogP) is 0.972. The molecule has 0 N–H and O–H groups in total. The minimum Gasteiger partial charge on any atom is -0.368 e. The molecule has 0 aromatic carbocycles. The van der Waals surface area contributed by atoms with Crippen molar-refractivity contribution < 1.29 is 9.53 Å². The molecule has 0 saturated carbocycles. The minimum absolute atomic E-state index is 0.118. The van der Waals surface area contributed by atoms with E-state index in [9.17, 15) is 4.79 Å². The van der Waals surface area contributed by atoms with Gasteiger partial charge in [-0.1, -0.05) is 0 Å². The van der Waals surface area contributed by atoms with Gasteiger partial charge in [0, 0.05) is 43.8 Å². The van der Waals surface area contributed by atoms with Crippen LogP contribution < -0.4 is 0 Å². The van der Waals surface area contributed by atoms with Gasteiger partial charge in [-0.2, -0.15) is 5.10 Å². The zero-order valence-electron chi connectivity index (χ0n) is 12.6. The summed E-state index contributed by atoms with van der Waals surface area (Å²) >= 11 is 0. The van der Waals surface area contributed by atoms with Gasteiger partial charge in [0.25, 0.3) is 0 Å². The number of hydrogen-bond acceptors (Lipinski definition) is 5. The quantitative estimate of drug-likeness (QED) is 0.841. The summed E-state index contributed by atoms with van der Waals surface area (Å²) in [7, 11) is 0. The topological polar surface area (TPSA) is 73.1 Å². The number of nitrogens with zero attached hydrogens (tertiary/aromatic N) is 5. The van der Waals surface area contributed by atoms with Crippen molar-refractivity contribution in [2.45, 2.75) is 26.0 Å². The number of hydrogen-bond donors (Lipinski definition) is 0. The number of rotatable bonds is 4. The van der Waals surface area contributed by atoms with Crippen molar-refractivity contribution in [2.75, 3.05) is 19.7 Å². The van der Waals surface area contributed by atoms with Crippen molar-refractivity contribution in [1.29, 1.82) is 0 Å². The van der Waals surface area contributed by atoms with Crippen molar-refractivity contribution in [3.63, 3.8) is 0 Å². The van der Waals surface area contributed by atoms with Crippen LogP contribution in [0.4, 0.5) is 0 Å². The molecule has 2 aromatic heterocycles. The molecular weight excluding hydrogens is 282 g/mol. The van der Waals surface area contributed by atoms with Gasteiger partial charge >= 0.3 is 0 Å².